The standard InChI is InChI=1S/C15H12BrFN2/c1-10-2-5-12(6-3-10)19-15(9-18)11-4-7-14(17)13(16)8-11/h2-8,15,19H,1H3. The minimum atomic E-state index is -0.514. The molecule has 1 N–H and O–H groups in total. The van der Waals surface area contributed by atoms with Gasteiger partial charge in [0, 0.05) is 5.69 Å². The van der Waals surface area contributed by atoms with Gasteiger partial charge in [0.25, 0.3) is 0 Å². The molecule has 0 spiro atoms. The highest BCUT2D eigenvalue weighted by atomic mass is 79.9. The Morgan fingerprint density at radius 1 is 1.21 bits per heavy atom. The molecule has 4 heteroatoms. The van der Waals surface area contributed by atoms with Crippen molar-refractivity contribution in [3.8, 4) is 6.07 Å². The average molecular weight is 319 g/mol. The van der Waals surface area contributed by atoms with E-state index in [0.29, 0.717) is 4.47 Å². The van der Waals surface area contributed by atoms with Crippen LogP contribution >= 0.6 is 15.9 Å². The van der Waals surface area contributed by atoms with Gasteiger partial charge in [-0.1, -0.05) is 23.8 Å². The molecule has 1 unspecified atom stereocenters. The minimum Gasteiger partial charge on any atom is -0.366 e. The summed E-state index contributed by atoms with van der Waals surface area (Å²) in [5.74, 6) is -0.337. The van der Waals surface area contributed by atoms with E-state index in [1.165, 1.54) is 6.07 Å². The van der Waals surface area contributed by atoms with Gasteiger partial charge in [0.15, 0.2) is 0 Å². The number of rotatable bonds is 3. The molecule has 0 aliphatic heterocycles. The Labute approximate surface area is 120 Å². The van der Waals surface area contributed by atoms with Gasteiger partial charge < -0.3 is 5.32 Å². The number of nitrogens with one attached hydrogen (secondary N) is 1. The summed E-state index contributed by atoms with van der Waals surface area (Å²) in [4.78, 5) is 0. The number of benzene rings is 2. The molecule has 0 aliphatic carbocycles. The fourth-order valence-corrected chi connectivity index (χ4v) is 2.10. The number of nitriles is 1. The summed E-state index contributed by atoms with van der Waals surface area (Å²) < 4.78 is 13.5. The van der Waals surface area contributed by atoms with Crippen molar-refractivity contribution in [1.82, 2.24) is 0 Å². The van der Waals surface area contributed by atoms with Gasteiger partial charge in [-0.2, -0.15) is 5.26 Å². The molecule has 0 fully saturated rings. The van der Waals surface area contributed by atoms with Crippen LogP contribution in [0.15, 0.2) is 46.9 Å². The highest BCUT2D eigenvalue weighted by Gasteiger charge is 2.12. The SMILES string of the molecule is Cc1ccc(NC(C#N)c2ccc(F)c(Br)c2)cc1. The van der Waals surface area contributed by atoms with Crippen LogP contribution in [0.2, 0.25) is 0 Å². The third-order valence-electron chi connectivity index (χ3n) is 2.77. The van der Waals surface area contributed by atoms with Crippen molar-refractivity contribution in [3.05, 3.63) is 63.9 Å². The summed E-state index contributed by atoms with van der Waals surface area (Å²) in [6.45, 7) is 2.00. The molecule has 0 saturated heterocycles. The molecule has 0 radical (unpaired) electrons. The van der Waals surface area contributed by atoms with E-state index in [-0.39, 0.29) is 5.82 Å². The summed E-state index contributed by atoms with van der Waals surface area (Å²) >= 11 is 3.13. The van der Waals surface area contributed by atoms with Gasteiger partial charge in [-0.25, -0.2) is 4.39 Å². The highest BCUT2D eigenvalue weighted by Crippen LogP contribution is 2.24. The minimum absolute atomic E-state index is 0.337. The third kappa shape index (κ3) is 3.33. The van der Waals surface area contributed by atoms with Crippen LogP contribution in [-0.2, 0) is 0 Å². The molecule has 1 atom stereocenters. The smallest absolute Gasteiger partial charge is 0.140 e. The van der Waals surface area contributed by atoms with E-state index in [4.69, 9.17) is 0 Å². The topological polar surface area (TPSA) is 35.8 Å². The quantitative estimate of drug-likeness (QED) is 0.899. The van der Waals surface area contributed by atoms with Crippen molar-refractivity contribution < 1.29 is 4.39 Å². The highest BCUT2D eigenvalue weighted by molar-refractivity contribution is 9.10. The average Bonchev–Trinajstić information content (AvgIpc) is 2.41. The Hall–Kier alpha value is -1.86. The first-order valence-electron chi connectivity index (χ1n) is 5.78. The molecule has 0 saturated carbocycles. The van der Waals surface area contributed by atoms with Crippen LogP contribution in [0.3, 0.4) is 0 Å². The van der Waals surface area contributed by atoms with Crippen molar-refractivity contribution in [1.29, 1.82) is 5.26 Å². The van der Waals surface area contributed by atoms with Gasteiger partial charge in [-0.15, -0.1) is 0 Å². The Morgan fingerprint density at radius 2 is 1.89 bits per heavy atom. The van der Waals surface area contributed by atoms with Crippen LogP contribution in [0.4, 0.5) is 10.1 Å². The fourth-order valence-electron chi connectivity index (χ4n) is 1.70. The zero-order chi connectivity index (χ0) is 13.8. The molecule has 2 aromatic rings. The molecule has 0 heterocycles. The first-order valence-corrected chi connectivity index (χ1v) is 6.57. The fraction of sp³-hybridized carbons (Fsp3) is 0.133. The van der Waals surface area contributed by atoms with Gasteiger partial charge in [0.1, 0.15) is 11.9 Å². The van der Waals surface area contributed by atoms with Crippen LogP contribution in [0.25, 0.3) is 0 Å². The second kappa shape index (κ2) is 5.85. The van der Waals surface area contributed by atoms with Gasteiger partial charge >= 0.3 is 0 Å². The number of hydrogen-bond donors (Lipinski definition) is 1. The molecule has 0 aromatic heterocycles. The van der Waals surface area contributed by atoms with Crippen LogP contribution in [0, 0.1) is 24.1 Å². The number of nitrogens with zero attached hydrogens (tertiary/aromatic N) is 1. The summed E-state index contributed by atoms with van der Waals surface area (Å²) in [6, 6.07) is 14.0. The molecule has 2 nitrogen and oxygen atoms in total. The first kappa shape index (κ1) is 13.6. The molecule has 96 valence electrons. The van der Waals surface area contributed by atoms with Gasteiger partial charge in [-0.05, 0) is 52.7 Å². The summed E-state index contributed by atoms with van der Waals surface area (Å²) in [5.41, 5.74) is 2.73. The third-order valence-corrected chi connectivity index (χ3v) is 3.38. The zero-order valence-electron chi connectivity index (χ0n) is 10.3. The molecular formula is C15H12BrFN2. The van der Waals surface area contributed by atoms with E-state index in [2.05, 4.69) is 27.3 Å². The molecule has 19 heavy (non-hydrogen) atoms. The van der Waals surface area contributed by atoms with Crippen molar-refractivity contribution in [3.63, 3.8) is 0 Å². The van der Waals surface area contributed by atoms with E-state index in [9.17, 15) is 9.65 Å². The van der Waals surface area contributed by atoms with Crippen molar-refractivity contribution >= 4 is 21.6 Å². The molecule has 2 rings (SSSR count). The lowest BCUT2D eigenvalue weighted by Crippen LogP contribution is -2.08. The second-order valence-electron chi connectivity index (χ2n) is 4.25. The maximum absolute atomic E-state index is 13.2. The number of aryl methyl sites for hydroxylation is 1. The Balaban J connectivity index is 2.23. The van der Waals surface area contributed by atoms with Gasteiger partial charge in [0.05, 0.1) is 10.5 Å². The predicted molar refractivity (Wildman–Crippen MR) is 77.3 cm³/mol. The second-order valence-corrected chi connectivity index (χ2v) is 5.10. The van der Waals surface area contributed by atoms with Crippen LogP contribution < -0.4 is 5.32 Å². The lowest BCUT2D eigenvalue weighted by atomic mass is 10.1. The summed E-state index contributed by atoms with van der Waals surface area (Å²) in [5, 5.41) is 12.3. The summed E-state index contributed by atoms with van der Waals surface area (Å²) in [7, 11) is 0. The van der Waals surface area contributed by atoms with Crippen molar-refractivity contribution in [2.75, 3.05) is 5.32 Å². The molecular weight excluding hydrogens is 307 g/mol. The van der Waals surface area contributed by atoms with E-state index < -0.39 is 6.04 Å². The van der Waals surface area contributed by atoms with E-state index in [1.807, 2.05) is 31.2 Å². The Morgan fingerprint density at radius 3 is 2.47 bits per heavy atom. The van der Waals surface area contributed by atoms with E-state index >= 15 is 0 Å². The normalized spacial score (nSPS) is 11.7. The Bertz CT molecular complexity index is 617. The predicted octanol–water partition coefficient (Wildman–Crippen LogP) is 4.57. The van der Waals surface area contributed by atoms with E-state index in [0.717, 1.165) is 16.8 Å². The van der Waals surface area contributed by atoms with Crippen molar-refractivity contribution in [2.45, 2.75) is 13.0 Å². The van der Waals surface area contributed by atoms with Crippen LogP contribution in [-0.4, -0.2) is 0 Å². The van der Waals surface area contributed by atoms with Crippen LogP contribution in [0.1, 0.15) is 17.2 Å². The van der Waals surface area contributed by atoms with E-state index in [1.54, 1.807) is 12.1 Å². The summed E-state index contributed by atoms with van der Waals surface area (Å²) in [6.07, 6.45) is 0. The number of anilines is 1. The Kier molecular flexibility index (Phi) is 4.18. The maximum atomic E-state index is 13.2. The van der Waals surface area contributed by atoms with Crippen molar-refractivity contribution in [2.24, 2.45) is 0 Å². The number of halogens is 2. The van der Waals surface area contributed by atoms with Gasteiger partial charge in [0.2, 0.25) is 0 Å². The molecule has 0 amide bonds. The zero-order valence-corrected chi connectivity index (χ0v) is 11.9. The van der Waals surface area contributed by atoms with Gasteiger partial charge in [-0.3, -0.25) is 0 Å². The monoisotopic (exact) mass is 318 g/mol. The number of hydrogen-bond acceptors (Lipinski definition) is 2. The molecule has 2 aromatic carbocycles. The maximum Gasteiger partial charge on any atom is 0.140 e. The van der Waals surface area contributed by atoms with Crippen LogP contribution in [0.5, 0.6) is 0 Å². The largest absolute Gasteiger partial charge is 0.366 e. The lowest BCUT2D eigenvalue weighted by molar-refractivity contribution is 0.620. The first-order chi connectivity index (χ1) is 9.10. The molecule has 0 bridgehead atoms. The molecule has 0 aliphatic rings. The lowest BCUT2D eigenvalue weighted by Gasteiger charge is -2.14.